The number of nitrogens with zero attached hydrogens (tertiary/aromatic N) is 1. The van der Waals surface area contributed by atoms with Crippen LogP contribution in [0.3, 0.4) is 0 Å². The summed E-state index contributed by atoms with van der Waals surface area (Å²) in [7, 11) is -4.42. The summed E-state index contributed by atoms with van der Waals surface area (Å²) in [6.07, 6.45) is -4.82. The maximum Gasteiger partial charge on any atom is 0.417 e. The zero-order valence-electron chi connectivity index (χ0n) is 13.2. The molecule has 0 spiro atoms. The van der Waals surface area contributed by atoms with Crippen LogP contribution < -0.4 is 5.73 Å². The molecule has 0 fully saturated rings. The minimum atomic E-state index is -4.82. The van der Waals surface area contributed by atoms with Crippen molar-refractivity contribution in [2.24, 2.45) is 5.73 Å². The van der Waals surface area contributed by atoms with Gasteiger partial charge < -0.3 is 5.73 Å². The van der Waals surface area contributed by atoms with Crippen molar-refractivity contribution in [2.75, 3.05) is 6.54 Å². The first-order valence-corrected chi connectivity index (χ1v) is 9.03. The number of carbonyl (C=O) groups excluding carboxylic acids is 1. The molecule has 0 bridgehead atoms. The van der Waals surface area contributed by atoms with Gasteiger partial charge in [-0.05, 0) is 23.8 Å². The van der Waals surface area contributed by atoms with Gasteiger partial charge in [-0.2, -0.15) is 17.5 Å². The number of amides is 1. The van der Waals surface area contributed by atoms with Gasteiger partial charge in [-0.3, -0.25) is 4.79 Å². The van der Waals surface area contributed by atoms with E-state index >= 15 is 0 Å². The Hall–Kier alpha value is -2.10. The molecule has 140 valence electrons. The molecule has 0 saturated heterocycles. The summed E-state index contributed by atoms with van der Waals surface area (Å²) < 4.78 is 65.3. The number of hydrogen-bond acceptors (Lipinski definition) is 3. The standard InChI is InChI=1S/C16H14ClF3N2O3S/c17-14-7-6-12(8-13(14)16(18,19)20)26(24,25)22(10-15(21)23)9-11-4-2-1-3-5-11/h1-8H,9-10H2,(H2,21,23). The Kier molecular flexibility index (Phi) is 5.94. The average molecular weight is 407 g/mol. The molecule has 0 saturated carbocycles. The number of carbonyl (C=O) groups is 1. The number of primary amides is 1. The fourth-order valence-corrected chi connectivity index (χ4v) is 3.86. The van der Waals surface area contributed by atoms with Crippen LogP contribution in [-0.2, 0) is 27.5 Å². The molecule has 2 N–H and O–H groups in total. The second kappa shape index (κ2) is 7.65. The lowest BCUT2D eigenvalue weighted by molar-refractivity contribution is -0.137. The summed E-state index contributed by atoms with van der Waals surface area (Å²) in [5, 5.41) is -0.624. The van der Waals surface area contributed by atoms with Crippen molar-refractivity contribution < 1.29 is 26.4 Å². The lowest BCUT2D eigenvalue weighted by Gasteiger charge is -2.21. The fourth-order valence-electron chi connectivity index (χ4n) is 2.22. The fraction of sp³-hybridized carbons (Fsp3) is 0.188. The zero-order valence-corrected chi connectivity index (χ0v) is 14.8. The van der Waals surface area contributed by atoms with Gasteiger partial charge in [0, 0.05) is 6.54 Å². The van der Waals surface area contributed by atoms with Gasteiger partial charge in [0.25, 0.3) is 0 Å². The van der Waals surface area contributed by atoms with Gasteiger partial charge in [0.2, 0.25) is 15.9 Å². The first-order chi connectivity index (χ1) is 12.0. The van der Waals surface area contributed by atoms with Crippen molar-refractivity contribution in [3.8, 4) is 0 Å². The van der Waals surface area contributed by atoms with E-state index in [-0.39, 0.29) is 6.54 Å². The number of alkyl halides is 3. The van der Waals surface area contributed by atoms with Gasteiger partial charge in [0.05, 0.1) is 22.0 Å². The van der Waals surface area contributed by atoms with Crippen LogP contribution in [0.1, 0.15) is 11.1 Å². The number of hydrogen-bond donors (Lipinski definition) is 1. The van der Waals surface area contributed by atoms with Gasteiger partial charge in [0.1, 0.15) is 0 Å². The molecule has 0 heterocycles. The summed E-state index contributed by atoms with van der Waals surface area (Å²) in [5.41, 5.74) is 4.36. The van der Waals surface area contributed by atoms with Crippen LogP contribution >= 0.6 is 11.6 Å². The molecular weight excluding hydrogens is 393 g/mol. The average Bonchev–Trinajstić information content (AvgIpc) is 2.54. The molecule has 0 aliphatic heterocycles. The molecular formula is C16H14ClF3N2O3S. The highest BCUT2D eigenvalue weighted by atomic mass is 35.5. The van der Waals surface area contributed by atoms with Crippen LogP contribution in [0.4, 0.5) is 13.2 Å². The van der Waals surface area contributed by atoms with Crippen molar-refractivity contribution in [1.29, 1.82) is 0 Å². The lowest BCUT2D eigenvalue weighted by Crippen LogP contribution is -2.38. The van der Waals surface area contributed by atoms with Crippen molar-refractivity contribution in [3.05, 3.63) is 64.7 Å². The SMILES string of the molecule is NC(=O)CN(Cc1ccccc1)S(=O)(=O)c1ccc(Cl)c(C(F)(F)F)c1. The third-order valence-electron chi connectivity index (χ3n) is 3.41. The van der Waals surface area contributed by atoms with E-state index in [1.165, 1.54) is 0 Å². The second-order valence-electron chi connectivity index (χ2n) is 5.36. The highest BCUT2D eigenvalue weighted by Crippen LogP contribution is 2.36. The van der Waals surface area contributed by atoms with Crippen molar-refractivity contribution >= 4 is 27.5 Å². The topological polar surface area (TPSA) is 80.5 Å². The van der Waals surface area contributed by atoms with Crippen molar-refractivity contribution in [2.45, 2.75) is 17.6 Å². The van der Waals surface area contributed by atoms with Crippen LogP contribution in [0.15, 0.2) is 53.4 Å². The largest absolute Gasteiger partial charge is 0.417 e. The first kappa shape index (κ1) is 20.2. The van der Waals surface area contributed by atoms with Crippen LogP contribution in [0.2, 0.25) is 5.02 Å². The van der Waals surface area contributed by atoms with E-state index in [9.17, 15) is 26.4 Å². The summed E-state index contributed by atoms with van der Waals surface area (Å²) in [6, 6.07) is 10.5. The predicted molar refractivity (Wildman–Crippen MR) is 89.7 cm³/mol. The maximum atomic E-state index is 13.0. The van der Waals surface area contributed by atoms with E-state index in [4.69, 9.17) is 17.3 Å². The third-order valence-corrected chi connectivity index (χ3v) is 5.53. The number of nitrogens with two attached hydrogens (primary N) is 1. The number of benzene rings is 2. The van der Waals surface area contributed by atoms with E-state index in [0.717, 1.165) is 12.1 Å². The van der Waals surface area contributed by atoms with E-state index in [1.807, 2.05) is 0 Å². The smallest absolute Gasteiger partial charge is 0.369 e. The monoisotopic (exact) mass is 406 g/mol. The van der Waals surface area contributed by atoms with Gasteiger partial charge in [-0.25, -0.2) is 8.42 Å². The van der Waals surface area contributed by atoms with Crippen LogP contribution in [0, 0.1) is 0 Å². The van der Waals surface area contributed by atoms with Crippen molar-refractivity contribution in [1.82, 2.24) is 4.31 Å². The zero-order chi connectivity index (χ0) is 19.5. The molecule has 2 rings (SSSR count). The molecule has 26 heavy (non-hydrogen) atoms. The summed E-state index contributed by atoms with van der Waals surface area (Å²) in [6.45, 7) is -0.905. The molecule has 2 aromatic rings. The predicted octanol–water partition coefficient (Wildman–Crippen LogP) is 3.04. The van der Waals surface area contributed by atoms with E-state index in [0.29, 0.717) is 15.9 Å². The van der Waals surface area contributed by atoms with Crippen LogP contribution in [0.5, 0.6) is 0 Å². The Morgan fingerprint density at radius 1 is 1.12 bits per heavy atom. The Labute approximate surface area is 153 Å². The molecule has 0 atom stereocenters. The van der Waals surface area contributed by atoms with E-state index < -0.39 is 44.1 Å². The summed E-state index contributed by atoms with van der Waals surface area (Å²) in [4.78, 5) is 10.6. The van der Waals surface area contributed by atoms with Crippen LogP contribution in [0.25, 0.3) is 0 Å². The number of halogens is 4. The van der Waals surface area contributed by atoms with Crippen molar-refractivity contribution in [3.63, 3.8) is 0 Å². The summed E-state index contributed by atoms with van der Waals surface area (Å²) >= 11 is 5.52. The van der Waals surface area contributed by atoms with Crippen LogP contribution in [-0.4, -0.2) is 25.2 Å². The molecule has 0 aliphatic carbocycles. The molecule has 0 unspecified atom stereocenters. The van der Waals surface area contributed by atoms with E-state index in [1.54, 1.807) is 30.3 Å². The third kappa shape index (κ3) is 4.75. The van der Waals surface area contributed by atoms with Gasteiger partial charge in [-0.15, -0.1) is 0 Å². The first-order valence-electron chi connectivity index (χ1n) is 7.21. The van der Waals surface area contributed by atoms with Gasteiger partial charge in [-0.1, -0.05) is 41.9 Å². The Balaban J connectivity index is 2.48. The summed E-state index contributed by atoms with van der Waals surface area (Å²) in [5.74, 6) is -0.936. The normalized spacial score (nSPS) is 12.3. The molecule has 5 nitrogen and oxygen atoms in total. The van der Waals surface area contributed by atoms with Gasteiger partial charge >= 0.3 is 6.18 Å². The highest BCUT2D eigenvalue weighted by Gasteiger charge is 2.35. The minimum Gasteiger partial charge on any atom is -0.369 e. The molecule has 0 aliphatic rings. The quantitative estimate of drug-likeness (QED) is 0.800. The molecule has 1 amide bonds. The maximum absolute atomic E-state index is 13.0. The lowest BCUT2D eigenvalue weighted by atomic mass is 10.2. The Morgan fingerprint density at radius 3 is 2.27 bits per heavy atom. The van der Waals surface area contributed by atoms with E-state index in [2.05, 4.69) is 0 Å². The van der Waals surface area contributed by atoms with Gasteiger partial charge in [0.15, 0.2) is 0 Å². The minimum absolute atomic E-state index is 0.226. The highest BCUT2D eigenvalue weighted by molar-refractivity contribution is 7.89. The number of sulfonamides is 1. The second-order valence-corrected chi connectivity index (χ2v) is 7.71. The molecule has 10 heteroatoms. The Morgan fingerprint density at radius 2 is 1.73 bits per heavy atom. The molecule has 2 aromatic carbocycles. The molecule has 0 radical (unpaired) electrons. The molecule has 0 aromatic heterocycles. The Bertz CT molecular complexity index is 903. The number of rotatable bonds is 6.